The number of hydrogen-bond donors (Lipinski definition) is 3. The maximum atomic E-state index is 12.6. The zero-order valence-corrected chi connectivity index (χ0v) is 16.0. The fourth-order valence-corrected chi connectivity index (χ4v) is 3.32. The van der Waals surface area contributed by atoms with E-state index in [0.29, 0.717) is 16.8 Å². The molecule has 0 bridgehead atoms. The summed E-state index contributed by atoms with van der Waals surface area (Å²) in [6, 6.07) is 14.2. The maximum Gasteiger partial charge on any atom is 0.253 e. The number of carbonyl (C=O) groups is 3. The van der Waals surface area contributed by atoms with Gasteiger partial charge in [-0.1, -0.05) is 25.0 Å². The SMILES string of the molecule is CC(=O)c1ccc(NCC(=O)Nc2ccccc2C(=O)NC2CCCC2)cc1. The molecular weight excluding hydrogens is 354 g/mol. The highest BCUT2D eigenvalue weighted by Crippen LogP contribution is 2.20. The van der Waals surface area contributed by atoms with E-state index in [-0.39, 0.29) is 30.2 Å². The Morgan fingerprint density at radius 3 is 2.32 bits per heavy atom. The summed E-state index contributed by atoms with van der Waals surface area (Å²) >= 11 is 0. The van der Waals surface area contributed by atoms with E-state index < -0.39 is 0 Å². The third kappa shape index (κ3) is 5.19. The van der Waals surface area contributed by atoms with Gasteiger partial charge >= 0.3 is 0 Å². The molecule has 0 saturated heterocycles. The van der Waals surface area contributed by atoms with Gasteiger partial charge in [-0.25, -0.2) is 0 Å². The second-order valence-corrected chi connectivity index (χ2v) is 7.04. The summed E-state index contributed by atoms with van der Waals surface area (Å²) in [7, 11) is 0. The molecule has 1 aliphatic carbocycles. The highest BCUT2D eigenvalue weighted by molar-refractivity contribution is 6.04. The van der Waals surface area contributed by atoms with Gasteiger partial charge in [-0.05, 0) is 56.2 Å². The molecule has 28 heavy (non-hydrogen) atoms. The van der Waals surface area contributed by atoms with Crippen LogP contribution in [-0.2, 0) is 4.79 Å². The van der Waals surface area contributed by atoms with Crippen LogP contribution < -0.4 is 16.0 Å². The zero-order valence-electron chi connectivity index (χ0n) is 16.0. The molecule has 0 atom stereocenters. The first-order valence-electron chi connectivity index (χ1n) is 9.57. The number of anilines is 2. The minimum Gasteiger partial charge on any atom is -0.376 e. The first-order valence-corrected chi connectivity index (χ1v) is 9.57. The Morgan fingerprint density at radius 1 is 0.964 bits per heavy atom. The van der Waals surface area contributed by atoms with Crippen molar-refractivity contribution in [3.8, 4) is 0 Å². The number of ketones is 1. The van der Waals surface area contributed by atoms with E-state index >= 15 is 0 Å². The van der Waals surface area contributed by atoms with Crippen molar-refractivity contribution in [2.75, 3.05) is 17.2 Å². The van der Waals surface area contributed by atoms with Gasteiger partial charge in [0.25, 0.3) is 5.91 Å². The van der Waals surface area contributed by atoms with Crippen molar-refractivity contribution in [2.45, 2.75) is 38.6 Å². The fraction of sp³-hybridized carbons (Fsp3) is 0.318. The number of Topliss-reactive ketones (excluding diaryl/α,β-unsaturated/α-hetero) is 1. The van der Waals surface area contributed by atoms with Gasteiger partial charge in [0.15, 0.2) is 5.78 Å². The normalized spacial score (nSPS) is 13.8. The predicted octanol–water partition coefficient (Wildman–Crippen LogP) is 3.61. The molecule has 0 radical (unpaired) electrons. The lowest BCUT2D eigenvalue weighted by Crippen LogP contribution is -2.33. The lowest BCUT2D eigenvalue weighted by atomic mass is 10.1. The van der Waals surface area contributed by atoms with E-state index in [0.717, 1.165) is 31.4 Å². The lowest BCUT2D eigenvalue weighted by Gasteiger charge is -2.15. The molecule has 1 fully saturated rings. The van der Waals surface area contributed by atoms with Crippen molar-refractivity contribution in [1.29, 1.82) is 0 Å². The number of para-hydroxylation sites is 1. The highest BCUT2D eigenvalue weighted by Gasteiger charge is 2.20. The van der Waals surface area contributed by atoms with Gasteiger partial charge in [0, 0.05) is 17.3 Å². The number of rotatable bonds is 7. The van der Waals surface area contributed by atoms with Gasteiger partial charge in [0.1, 0.15) is 0 Å². The van der Waals surface area contributed by atoms with Crippen molar-refractivity contribution in [2.24, 2.45) is 0 Å². The summed E-state index contributed by atoms with van der Waals surface area (Å²) < 4.78 is 0. The van der Waals surface area contributed by atoms with E-state index in [4.69, 9.17) is 0 Å². The fourth-order valence-electron chi connectivity index (χ4n) is 3.32. The monoisotopic (exact) mass is 379 g/mol. The third-order valence-corrected chi connectivity index (χ3v) is 4.88. The minimum atomic E-state index is -0.253. The number of amides is 2. The van der Waals surface area contributed by atoms with Gasteiger partial charge in [-0.15, -0.1) is 0 Å². The number of benzene rings is 2. The van der Waals surface area contributed by atoms with Gasteiger partial charge in [-0.2, -0.15) is 0 Å². The Labute approximate surface area is 164 Å². The van der Waals surface area contributed by atoms with Crippen LogP contribution in [0.1, 0.15) is 53.3 Å². The van der Waals surface area contributed by atoms with Crippen molar-refractivity contribution < 1.29 is 14.4 Å². The molecule has 3 N–H and O–H groups in total. The van der Waals surface area contributed by atoms with Crippen molar-refractivity contribution in [3.05, 3.63) is 59.7 Å². The first-order chi connectivity index (χ1) is 13.5. The molecule has 146 valence electrons. The van der Waals surface area contributed by atoms with E-state index in [1.54, 1.807) is 48.5 Å². The Balaban J connectivity index is 1.57. The topological polar surface area (TPSA) is 87.3 Å². The second kappa shape index (κ2) is 9.17. The molecule has 2 amide bonds. The molecule has 2 aromatic carbocycles. The largest absolute Gasteiger partial charge is 0.376 e. The molecule has 0 heterocycles. The summed E-state index contributed by atoms with van der Waals surface area (Å²) in [6.07, 6.45) is 4.30. The molecule has 0 spiro atoms. The predicted molar refractivity (Wildman–Crippen MR) is 110 cm³/mol. The van der Waals surface area contributed by atoms with Crippen LogP contribution in [0, 0.1) is 0 Å². The van der Waals surface area contributed by atoms with Crippen LogP contribution in [0.5, 0.6) is 0 Å². The van der Waals surface area contributed by atoms with Crippen LogP contribution in [0.4, 0.5) is 11.4 Å². The molecular formula is C22H25N3O3. The molecule has 0 aliphatic heterocycles. The Bertz CT molecular complexity index is 856. The Morgan fingerprint density at radius 2 is 1.64 bits per heavy atom. The zero-order chi connectivity index (χ0) is 19.9. The first kappa shape index (κ1) is 19.6. The molecule has 1 saturated carbocycles. The summed E-state index contributed by atoms with van der Waals surface area (Å²) in [6.45, 7) is 1.56. The van der Waals surface area contributed by atoms with Crippen LogP contribution in [0.2, 0.25) is 0 Å². The maximum absolute atomic E-state index is 12.6. The number of hydrogen-bond acceptors (Lipinski definition) is 4. The van der Waals surface area contributed by atoms with Gasteiger partial charge in [-0.3, -0.25) is 14.4 Å². The van der Waals surface area contributed by atoms with Crippen molar-refractivity contribution in [3.63, 3.8) is 0 Å². The Hall–Kier alpha value is -3.15. The standard InChI is InChI=1S/C22H25N3O3/c1-15(26)16-10-12-17(13-11-16)23-14-21(27)25-20-9-5-4-8-19(20)22(28)24-18-6-2-3-7-18/h4-5,8-13,18,23H,2-3,6-7,14H2,1H3,(H,24,28)(H,25,27). The van der Waals surface area contributed by atoms with Crippen LogP contribution in [-0.4, -0.2) is 30.2 Å². The third-order valence-electron chi connectivity index (χ3n) is 4.88. The van der Waals surface area contributed by atoms with Gasteiger partial charge in [0.2, 0.25) is 5.91 Å². The lowest BCUT2D eigenvalue weighted by molar-refractivity contribution is -0.114. The quantitative estimate of drug-likeness (QED) is 0.641. The molecule has 2 aromatic rings. The van der Waals surface area contributed by atoms with Crippen LogP contribution >= 0.6 is 0 Å². The summed E-state index contributed by atoms with van der Waals surface area (Å²) in [4.78, 5) is 36.2. The summed E-state index contributed by atoms with van der Waals surface area (Å²) in [5, 5.41) is 8.86. The Kier molecular flexibility index (Phi) is 6.42. The molecule has 0 aromatic heterocycles. The molecule has 1 aliphatic rings. The summed E-state index contributed by atoms with van der Waals surface area (Å²) in [5.74, 6) is -0.413. The second-order valence-electron chi connectivity index (χ2n) is 7.04. The van der Waals surface area contributed by atoms with Crippen LogP contribution in [0.3, 0.4) is 0 Å². The van der Waals surface area contributed by atoms with E-state index in [9.17, 15) is 14.4 Å². The van der Waals surface area contributed by atoms with Crippen LogP contribution in [0.15, 0.2) is 48.5 Å². The molecule has 0 unspecified atom stereocenters. The summed E-state index contributed by atoms with van der Waals surface area (Å²) in [5.41, 5.74) is 2.33. The smallest absolute Gasteiger partial charge is 0.253 e. The molecule has 3 rings (SSSR count). The van der Waals surface area contributed by atoms with Crippen molar-refractivity contribution >= 4 is 29.0 Å². The van der Waals surface area contributed by atoms with Gasteiger partial charge < -0.3 is 16.0 Å². The van der Waals surface area contributed by atoms with Gasteiger partial charge in [0.05, 0.1) is 17.8 Å². The number of nitrogens with one attached hydrogen (secondary N) is 3. The van der Waals surface area contributed by atoms with E-state index in [1.165, 1.54) is 6.92 Å². The van der Waals surface area contributed by atoms with E-state index in [1.807, 2.05) is 0 Å². The van der Waals surface area contributed by atoms with Crippen molar-refractivity contribution in [1.82, 2.24) is 5.32 Å². The minimum absolute atomic E-state index is 0.00298. The average Bonchev–Trinajstić information content (AvgIpc) is 3.20. The van der Waals surface area contributed by atoms with Crippen LogP contribution in [0.25, 0.3) is 0 Å². The molecule has 6 heteroatoms. The average molecular weight is 379 g/mol. The van der Waals surface area contributed by atoms with E-state index in [2.05, 4.69) is 16.0 Å². The molecule has 6 nitrogen and oxygen atoms in total. The highest BCUT2D eigenvalue weighted by atomic mass is 16.2. The number of carbonyl (C=O) groups excluding carboxylic acids is 3.